The molecule has 2 N–H and O–H groups in total. The van der Waals surface area contributed by atoms with Crippen LogP contribution in [0.1, 0.15) is 29.9 Å². The molecule has 0 aromatic heterocycles. The number of aliphatic hydroxyl groups is 2. The van der Waals surface area contributed by atoms with Crippen LogP contribution >= 0.6 is 0 Å². The lowest BCUT2D eigenvalue weighted by atomic mass is 9.76. The van der Waals surface area contributed by atoms with Gasteiger partial charge in [0.05, 0.1) is 12.4 Å². The van der Waals surface area contributed by atoms with Crippen LogP contribution in [0.2, 0.25) is 0 Å². The zero-order chi connectivity index (χ0) is 15.9. The topological polar surface area (TPSA) is 62.2 Å². The maximum atomic E-state index is 14.4. The Morgan fingerprint density at radius 2 is 1.77 bits per heavy atom. The number of rotatable bonds is 2. The van der Waals surface area contributed by atoms with E-state index in [0.29, 0.717) is 11.5 Å². The van der Waals surface area contributed by atoms with Gasteiger partial charge >= 0.3 is 7.12 Å². The Labute approximate surface area is 128 Å². The van der Waals surface area contributed by atoms with E-state index in [1.165, 1.54) is 17.3 Å². The summed E-state index contributed by atoms with van der Waals surface area (Å²) in [6, 6.07) is 3.50. The van der Waals surface area contributed by atoms with Gasteiger partial charge in [0, 0.05) is 12.5 Å². The molecule has 1 heterocycles. The third-order valence-corrected chi connectivity index (χ3v) is 3.69. The first kappa shape index (κ1) is 14.6. The van der Waals surface area contributed by atoms with Crippen LogP contribution in [0.4, 0.5) is 4.39 Å². The van der Waals surface area contributed by atoms with Crippen molar-refractivity contribution in [2.75, 3.05) is 7.05 Å². The van der Waals surface area contributed by atoms with Crippen LogP contribution in [0.5, 0.6) is 0 Å². The molecule has 1 aromatic carbocycles. The van der Waals surface area contributed by atoms with Crippen LogP contribution in [-0.4, -0.2) is 29.3 Å². The second kappa shape index (κ2) is 5.48. The van der Waals surface area contributed by atoms with Crippen LogP contribution in [0, 0.1) is 12.7 Å². The Hall–Kier alpha value is -2.31. The molecule has 22 heavy (non-hydrogen) atoms. The van der Waals surface area contributed by atoms with Gasteiger partial charge in [-0.2, -0.15) is 0 Å². The summed E-state index contributed by atoms with van der Waals surface area (Å²) in [5.74, 6) is -0.884. The Kier molecular flexibility index (Phi) is 3.64. The molecule has 0 spiro atoms. The predicted molar refractivity (Wildman–Crippen MR) is 79.9 cm³/mol. The second-order valence-electron chi connectivity index (χ2n) is 5.68. The van der Waals surface area contributed by atoms with Crippen molar-refractivity contribution in [3.63, 3.8) is 0 Å². The molecular weight excluding hydrogens is 288 g/mol. The van der Waals surface area contributed by atoms with Gasteiger partial charge in [0.25, 0.3) is 11.9 Å². The first-order chi connectivity index (χ1) is 10.4. The highest BCUT2D eigenvalue weighted by atomic mass is 19.1. The van der Waals surface area contributed by atoms with E-state index in [9.17, 15) is 14.6 Å². The van der Waals surface area contributed by atoms with Crippen molar-refractivity contribution < 1.29 is 23.9 Å². The fourth-order valence-electron chi connectivity index (χ4n) is 2.47. The fraction of sp³-hybridized carbons (Fsp3) is 0.333. The number of aryl methyl sites for hydroxylation is 1. The van der Waals surface area contributed by atoms with E-state index in [1.807, 2.05) is 6.07 Å². The molecule has 0 saturated heterocycles. The predicted octanol–water partition coefficient (Wildman–Crippen LogP) is 2.40. The van der Waals surface area contributed by atoms with Crippen molar-refractivity contribution in [1.82, 2.24) is 4.90 Å². The largest absolute Gasteiger partial charge is 0.639 e. The van der Waals surface area contributed by atoms with Crippen molar-refractivity contribution in [2.45, 2.75) is 25.7 Å². The van der Waals surface area contributed by atoms with Crippen LogP contribution < -0.4 is 5.46 Å². The summed E-state index contributed by atoms with van der Waals surface area (Å²) in [5.41, 5.74) is 1.66. The van der Waals surface area contributed by atoms with Crippen LogP contribution in [-0.2, 0) is 9.31 Å². The summed E-state index contributed by atoms with van der Waals surface area (Å²) in [7, 11) is 0.330. The molecule has 0 amide bonds. The van der Waals surface area contributed by atoms with Gasteiger partial charge in [0.1, 0.15) is 5.82 Å². The summed E-state index contributed by atoms with van der Waals surface area (Å²) in [6.45, 7) is 1.67. The molecule has 1 aliphatic carbocycles. The fourth-order valence-corrected chi connectivity index (χ4v) is 2.47. The van der Waals surface area contributed by atoms with Gasteiger partial charge in [0.2, 0.25) is 0 Å². The minimum atomic E-state index is -1.25. The highest BCUT2D eigenvalue weighted by molar-refractivity contribution is 6.62. The maximum Gasteiger partial charge on any atom is 0.639 e. The Morgan fingerprint density at radius 3 is 2.32 bits per heavy atom. The third-order valence-electron chi connectivity index (χ3n) is 3.69. The lowest BCUT2D eigenvalue weighted by Gasteiger charge is -2.21. The average molecular weight is 305 g/mol. The number of nitrogens with zero attached hydrogens (tertiary/aromatic N) is 1. The van der Waals surface area contributed by atoms with E-state index in [-0.39, 0.29) is 5.46 Å². The van der Waals surface area contributed by atoms with Gasteiger partial charge < -0.3 is 24.4 Å². The van der Waals surface area contributed by atoms with Crippen molar-refractivity contribution in [1.29, 1.82) is 0 Å². The summed E-state index contributed by atoms with van der Waals surface area (Å²) in [4.78, 5) is 1.36. The maximum absolute atomic E-state index is 14.4. The molecule has 7 heteroatoms. The third kappa shape index (κ3) is 2.98. The molecule has 116 valence electrons. The van der Waals surface area contributed by atoms with E-state index >= 15 is 0 Å². The van der Waals surface area contributed by atoms with E-state index in [0.717, 1.165) is 18.4 Å². The minimum Gasteiger partial charge on any atom is -0.494 e. The van der Waals surface area contributed by atoms with Crippen LogP contribution in [0.25, 0.3) is 0 Å². The second-order valence-corrected chi connectivity index (χ2v) is 5.68. The van der Waals surface area contributed by atoms with Gasteiger partial charge in [0.15, 0.2) is 0 Å². The van der Waals surface area contributed by atoms with E-state index in [2.05, 4.69) is 0 Å². The monoisotopic (exact) mass is 305 g/mol. The van der Waals surface area contributed by atoms with Crippen LogP contribution in [0.15, 0.2) is 36.4 Å². The van der Waals surface area contributed by atoms with Crippen molar-refractivity contribution in [3.8, 4) is 0 Å². The number of hydrogen-bond donors (Lipinski definition) is 2. The number of aliphatic hydroxyl groups excluding tert-OH is 2. The van der Waals surface area contributed by atoms with E-state index < -0.39 is 24.8 Å². The van der Waals surface area contributed by atoms with E-state index in [1.54, 1.807) is 20.0 Å². The normalized spacial score (nSPS) is 21.0. The standard InChI is InChI=1S/C15H17BFNO4/c1-9-5-11(10-3-4-10)6-12(15(9)17)16-21-13(19)7-18(2)8-14(20)22-16/h5-8,10,19-20H,3-4H2,1-2H3/b13-7-,14-8?. The molecule has 0 radical (unpaired) electrons. The van der Waals surface area contributed by atoms with Crippen molar-refractivity contribution in [2.24, 2.45) is 0 Å². The number of hydrogen-bond acceptors (Lipinski definition) is 5. The molecule has 5 nitrogen and oxygen atoms in total. The van der Waals surface area contributed by atoms with E-state index in [4.69, 9.17) is 9.31 Å². The highest BCUT2D eigenvalue weighted by Gasteiger charge is 2.35. The molecule has 0 bridgehead atoms. The van der Waals surface area contributed by atoms with Gasteiger partial charge in [-0.1, -0.05) is 12.1 Å². The first-order valence-electron chi connectivity index (χ1n) is 7.11. The molecule has 1 aromatic rings. The van der Waals surface area contributed by atoms with Crippen molar-refractivity contribution in [3.05, 3.63) is 53.4 Å². The van der Waals surface area contributed by atoms with Gasteiger partial charge in [-0.3, -0.25) is 0 Å². The van der Waals surface area contributed by atoms with Gasteiger partial charge in [-0.15, -0.1) is 0 Å². The lowest BCUT2D eigenvalue weighted by Crippen LogP contribution is -2.40. The van der Waals surface area contributed by atoms with Crippen molar-refractivity contribution >= 4 is 12.6 Å². The quantitative estimate of drug-likeness (QED) is 0.822. The first-order valence-corrected chi connectivity index (χ1v) is 7.11. The average Bonchev–Trinajstić information content (AvgIpc) is 3.23. The molecule has 1 aliphatic heterocycles. The summed E-state index contributed by atoms with van der Waals surface area (Å²) < 4.78 is 24.9. The summed E-state index contributed by atoms with van der Waals surface area (Å²) in [6.07, 6.45) is 4.67. The number of halogens is 1. The summed E-state index contributed by atoms with van der Waals surface area (Å²) in [5, 5.41) is 19.5. The molecule has 2 aliphatic rings. The smallest absolute Gasteiger partial charge is 0.494 e. The minimum absolute atomic E-state index is 0.159. The SMILES string of the molecule is Cc1cc(C2CC2)cc(B2OC(O)=CN(C)/C=C(/O)O2)c1F. The summed E-state index contributed by atoms with van der Waals surface area (Å²) >= 11 is 0. The zero-order valence-corrected chi connectivity index (χ0v) is 12.4. The highest BCUT2D eigenvalue weighted by Crippen LogP contribution is 2.40. The Bertz CT molecular complexity index is 635. The molecule has 0 atom stereocenters. The van der Waals surface area contributed by atoms with Gasteiger partial charge in [-0.05, 0) is 36.8 Å². The molecule has 0 unspecified atom stereocenters. The zero-order valence-electron chi connectivity index (χ0n) is 12.4. The Morgan fingerprint density at radius 1 is 1.18 bits per heavy atom. The molecule has 1 fully saturated rings. The molecular formula is C15H17BFNO4. The van der Waals surface area contributed by atoms with Crippen LogP contribution in [0.3, 0.4) is 0 Å². The molecule has 3 rings (SSSR count). The number of benzene rings is 1. The Balaban J connectivity index is 1.98. The lowest BCUT2D eigenvalue weighted by molar-refractivity contribution is 0.124. The molecule has 1 saturated carbocycles. The van der Waals surface area contributed by atoms with Gasteiger partial charge in [-0.25, -0.2) is 4.39 Å².